The minimum Gasteiger partial charge on any atom is -0.444 e. The highest BCUT2D eigenvalue weighted by atomic mass is 79.9. The van der Waals surface area contributed by atoms with Crippen molar-refractivity contribution in [3.8, 4) is 0 Å². The molecule has 0 radical (unpaired) electrons. The first kappa shape index (κ1) is 18.0. The topological polar surface area (TPSA) is 44.8 Å². The van der Waals surface area contributed by atoms with Crippen LogP contribution < -0.4 is 10.2 Å². The number of benzene rings is 1. The summed E-state index contributed by atoms with van der Waals surface area (Å²) < 4.78 is 19.6. The van der Waals surface area contributed by atoms with Crippen molar-refractivity contribution in [3.05, 3.63) is 22.4 Å². The molecule has 0 aromatic heterocycles. The van der Waals surface area contributed by atoms with Gasteiger partial charge in [-0.15, -0.1) is 0 Å². The van der Waals surface area contributed by atoms with E-state index < -0.39 is 11.7 Å². The van der Waals surface area contributed by atoms with Crippen LogP contribution in [0.5, 0.6) is 0 Å². The molecular weight excluding hydrogens is 365 g/mol. The first-order valence-electron chi connectivity index (χ1n) is 7.58. The Morgan fingerprint density at radius 2 is 1.87 bits per heavy atom. The summed E-state index contributed by atoms with van der Waals surface area (Å²) >= 11 is 3.17. The Kier molecular flexibility index (Phi) is 5.52. The van der Waals surface area contributed by atoms with Crippen LogP contribution in [0, 0.1) is 5.82 Å². The lowest BCUT2D eigenvalue weighted by Gasteiger charge is -2.35. The number of nitrogens with zero attached hydrogens (tertiary/aromatic N) is 2. The zero-order valence-electron chi connectivity index (χ0n) is 13.9. The molecule has 23 heavy (non-hydrogen) atoms. The third-order valence-electron chi connectivity index (χ3n) is 3.52. The van der Waals surface area contributed by atoms with Crippen LogP contribution in [0.1, 0.15) is 20.8 Å². The van der Waals surface area contributed by atoms with E-state index in [0.717, 1.165) is 26.2 Å². The Balaban J connectivity index is 2.23. The molecule has 1 saturated heterocycles. The molecule has 1 N–H and O–H groups in total. The maximum absolute atomic E-state index is 14.0. The number of rotatable bonds is 2. The van der Waals surface area contributed by atoms with Gasteiger partial charge in [0.2, 0.25) is 0 Å². The predicted molar refractivity (Wildman–Crippen MR) is 93.7 cm³/mol. The third-order valence-corrected chi connectivity index (χ3v) is 4.13. The summed E-state index contributed by atoms with van der Waals surface area (Å²) in [5.41, 5.74) is 0.622. The SMILES string of the molecule is CN1CCN(c2cc(F)c(Br)cc2NC(=O)OC(C)(C)C)CC1. The van der Waals surface area contributed by atoms with Crippen molar-refractivity contribution in [1.82, 2.24) is 4.90 Å². The van der Waals surface area contributed by atoms with Crippen LogP contribution in [-0.4, -0.2) is 49.8 Å². The summed E-state index contributed by atoms with van der Waals surface area (Å²) in [6, 6.07) is 3.02. The lowest BCUT2D eigenvalue weighted by atomic mass is 10.2. The van der Waals surface area contributed by atoms with Crippen molar-refractivity contribution in [2.75, 3.05) is 43.4 Å². The largest absolute Gasteiger partial charge is 0.444 e. The number of likely N-dealkylation sites (N-methyl/N-ethyl adjacent to an activating group) is 1. The summed E-state index contributed by atoms with van der Waals surface area (Å²) in [6.45, 7) is 8.74. The van der Waals surface area contributed by atoms with Crippen molar-refractivity contribution in [2.24, 2.45) is 0 Å². The second kappa shape index (κ2) is 7.05. The molecule has 0 spiro atoms. The van der Waals surface area contributed by atoms with Crippen LogP contribution in [0.4, 0.5) is 20.6 Å². The van der Waals surface area contributed by atoms with Crippen molar-refractivity contribution < 1.29 is 13.9 Å². The molecule has 0 bridgehead atoms. The first-order valence-corrected chi connectivity index (χ1v) is 8.37. The summed E-state index contributed by atoms with van der Waals surface area (Å²) in [6.07, 6.45) is -0.550. The van der Waals surface area contributed by atoms with Gasteiger partial charge in [-0.25, -0.2) is 9.18 Å². The van der Waals surface area contributed by atoms with E-state index in [-0.39, 0.29) is 5.82 Å². The number of hydrogen-bond acceptors (Lipinski definition) is 4. The van der Waals surface area contributed by atoms with Gasteiger partial charge < -0.3 is 14.5 Å². The average Bonchev–Trinajstić information content (AvgIpc) is 2.41. The van der Waals surface area contributed by atoms with Gasteiger partial charge in [-0.1, -0.05) is 0 Å². The van der Waals surface area contributed by atoms with Crippen molar-refractivity contribution >= 4 is 33.4 Å². The molecule has 1 heterocycles. The molecule has 0 unspecified atom stereocenters. The molecule has 5 nitrogen and oxygen atoms in total. The van der Waals surface area contributed by atoms with Gasteiger partial charge >= 0.3 is 6.09 Å². The Labute approximate surface area is 144 Å². The van der Waals surface area contributed by atoms with E-state index in [2.05, 4.69) is 38.1 Å². The number of carbonyl (C=O) groups excluding carboxylic acids is 1. The average molecular weight is 388 g/mol. The maximum atomic E-state index is 14.0. The smallest absolute Gasteiger partial charge is 0.412 e. The zero-order valence-corrected chi connectivity index (χ0v) is 15.5. The van der Waals surface area contributed by atoms with Crippen molar-refractivity contribution in [2.45, 2.75) is 26.4 Å². The van der Waals surface area contributed by atoms with Crippen LogP contribution >= 0.6 is 15.9 Å². The zero-order chi connectivity index (χ0) is 17.2. The van der Waals surface area contributed by atoms with Gasteiger partial charge in [0.05, 0.1) is 15.8 Å². The molecular formula is C16H23BrFN3O2. The predicted octanol–water partition coefficient (Wildman–Crippen LogP) is 3.69. The van der Waals surface area contributed by atoms with Gasteiger partial charge in [-0.2, -0.15) is 0 Å². The number of anilines is 2. The molecule has 1 aliphatic rings. The molecule has 1 fully saturated rings. The van der Waals surface area contributed by atoms with E-state index in [1.54, 1.807) is 26.8 Å². The van der Waals surface area contributed by atoms with Crippen LogP contribution in [0.3, 0.4) is 0 Å². The van der Waals surface area contributed by atoms with Gasteiger partial charge in [0.25, 0.3) is 0 Å². The summed E-state index contributed by atoms with van der Waals surface area (Å²) in [5.74, 6) is -0.353. The third kappa shape index (κ3) is 5.07. The Morgan fingerprint density at radius 1 is 1.26 bits per heavy atom. The lowest BCUT2D eigenvalue weighted by Crippen LogP contribution is -2.44. The van der Waals surface area contributed by atoms with Gasteiger partial charge in [0, 0.05) is 32.2 Å². The number of piperazine rings is 1. The number of amides is 1. The van der Waals surface area contributed by atoms with Crippen molar-refractivity contribution in [3.63, 3.8) is 0 Å². The Hall–Kier alpha value is -1.34. The number of halogens is 2. The van der Waals surface area contributed by atoms with E-state index in [1.165, 1.54) is 6.07 Å². The van der Waals surface area contributed by atoms with Gasteiger partial charge in [-0.05, 0) is 49.8 Å². The summed E-state index contributed by atoms with van der Waals surface area (Å²) in [7, 11) is 2.05. The van der Waals surface area contributed by atoms with E-state index in [0.29, 0.717) is 15.8 Å². The first-order chi connectivity index (χ1) is 10.7. The minimum absolute atomic E-state index is 0.307. The van der Waals surface area contributed by atoms with E-state index in [1.807, 2.05) is 0 Å². The number of ether oxygens (including phenoxy) is 1. The minimum atomic E-state index is -0.588. The van der Waals surface area contributed by atoms with E-state index >= 15 is 0 Å². The number of hydrogen-bond donors (Lipinski definition) is 1. The van der Waals surface area contributed by atoms with Gasteiger partial charge in [0.1, 0.15) is 11.4 Å². The highest BCUT2D eigenvalue weighted by Gasteiger charge is 2.22. The number of nitrogens with one attached hydrogen (secondary N) is 1. The maximum Gasteiger partial charge on any atom is 0.412 e. The molecule has 1 aliphatic heterocycles. The standard InChI is InChI=1S/C16H23BrFN3O2/c1-16(2,3)23-15(22)19-13-9-11(17)12(18)10-14(13)21-7-5-20(4)6-8-21/h9-10H,5-8H2,1-4H3,(H,19,22). The molecule has 1 aromatic carbocycles. The monoisotopic (exact) mass is 387 g/mol. The summed E-state index contributed by atoms with van der Waals surface area (Å²) in [4.78, 5) is 16.3. The molecule has 7 heteroatoms. The highest BCUT2D eigenvalue weighted by Crippen LogP contribution is 2.32. The second-order valence-corrected chi connectivity index (χ2v) is 7.56. The van der Waals surface area contributed by atoms with E-state index in [9.17, 15) is 9.18 Å². The molecule has 1 amide bonds. The van der Waals surface area contributed by atoms with Gasteiger partial charge in [-0.3, -0.25) is 5.32 Å². The number of carbonyl (C=O) groups is 1. The molecule has 2 rings (SSSR count). The molecule has 128 valence electrons. The molecule has 0 saturated carbocycles. The van der Waals surface area contributed by atoms with E-state index in [4.69, 9.17) is 4.74 Å². The fourth-order valence-electron chi connectivity index (χ4n) is 2.36. The lowest BCUT2D eigenvalue weighted by molar-refractivity contribution is 0.0636. The fraction of sp³-hybridized carbons (Fsp3) is 0.562. The molecule has 0 aliphatic carbocycles. The second-order valence-electron chi connectivity index (χ2n) is 6.70. The van der Waals surface area contributed by atoms with Crippen molar-refractivity contribution in [1.29, 1.82) is 0 Å². The molecule has 1 aromatic rings. The Bertz CT molecular complexity index is 581. The van der Waals surface area contributed by atoms with Crippen LogP contribution in [-0.2, 0) is 4.74 Å². The fourth-order valence-corrected chi connectivity index (χ4v) is 2.70. The highest BCUT2D eigenvalue weighted by molar-refractivity contribution is 9.10. The van der Waals surface area contributed by atoms with Crippen LogP contribution in [0.15, 0.2) is 16.6 Å². The van der Waals surface area contributed by atoms with Crippen LogP contribution in [0.25, 0.3) is 0 Å². The Morgan fingerprint density at radius 3 is 2.43 bits per heavy atom. The molecule has 0 atom stereocenters. The van der Waals surface area contributed by atoms with Gasteiger partial charge in [0.15, 0.2) is 0 Å². The quantitative estimate of drug-likeness (QED) is 0.840. The normalized spacial score (nSPS) is 16.3. The van der Waals surface area contributed by atoms with Crippen LogP contribution in [0.2, 0.25) is 0 Å². The summed E-state index contributed by atoms with van der Waals surface area (Å²) in [5, 5.41) is 2.73.